The van der Waals surface area contributed by atoms with E-state index in [4.69, 9.17) is 0 Å². The fraction of sp³-hybridized carbons (Fsp3) is 0.500. The van der Waals surface area contributed by atoms with Gasteiger partial charge in [0.05, 0.1) is 0 Å². The molecule has 2 atom stereocenters. The summed E-state index contributed by atoms with van der Waals surface area (Å²) >= 11 is 0. The average Bonchev–Trinajstić information content (AvgIpc) is 2.47. The first-order valence-corrected chi connectivity index (χ1v) is 7.24. The van der Waals surface area contributed by atoms with Gasteiger partial charge < -0.3 is 10.2 Å². The van der Waals surface area contributed by atoms with Gasteiger partial charge >= 0.3 is 0 Å². The summed E-state index contributed by atoms with van der Waals surface area (Å²) in [4.78, 5) is 25.4. The zero-order valence-electron chi connectivity index (χ0n) is 12.4. The molecule has 0 aliphatic carbocycles. The van der Waals surface area contributed by atoms with Gasteiger partial charge in [-0.25, -0.2) is 4.39 Å². The molecule has 0 unspecified atom stereocenters. The Hall–Kier alpha value is -1.91. The number of benzene rings is 1. The molecule has 1 saturated heterocycles. The van der Waals surface area contributed by atoms with Gasteiger partial charge in [-0.2, -0.15) is 0 Å². The van der Waals surface area contributed by atoms with Crippen molar-refractivity contribution in [1.29, 1.82) is 0 Å². The summed E-state index contributed by atoms with van der Waals surface area (Å²) in [6, 6.07) is 6.40. The lowest BCUT2D eigenvalue weighted by Crippen LogP contribution is -2.42. The molecule has 2 amide bonds. The number of carbonyl (C=O) groups is 2. The minimum Gasteiger partial charge on any atom is -0.355 e. The highest BCUT2D eigenvalue weighted by Gasteiger charge is 2.28. The summed E-state index contributed by atoms with van der Waals surface area (Å²) in [7, 11) is 1.75. The molecule has 0 radical (unpaired) electrons. The second-order valence-corrected chi connectivity index (χ2v) is 5.71. The summed E-state index contributed by atoms with van der Waals surface area (Å²) in [6.07, 6.45) is 0.971. The van der Waals surface area contributed by atoms with Crippen LogP contribution < -0.4 is 5.32 Å². The van der Waals surface area contributed by atoms with Gasteiger partial charge in [0.25, 0.3) is 0 Å². The fourth-order valence-electron chi connectivity index (χ4n) is 2.50. The lowest BCUT2D eigenvalue weighted by molar-refractivity contribution is -0.139. The Morgan fingerprint density at radius 2 is 2.29 bits per heavy atom. The van der Waals surface area contributed by atoms with Crippen LogP contribution in [0.3, 0.4) is 0 Å². The van der Waals surface area contributed by atoms with Crippen molar-refractivity contribution in [2.75, 3.05) is 20.1 Å². The predicted molar refractivity (Wildman–Crippen MR) is 78.2 cm³/mol. The summed E-state index contributed by atoms with van der Waals surface area (Å²) in [5, 5.41) is 2.87. The van der Waals surface area contributed by atoms with E-state index in [0.717, 1.165) is 5.56 Å². The molecule has 0 aromatic heterocycles. The standard InChI is InChI=1S/C16H21FN2O2/c1-11(12-4-3-5-14(17)8-12)10-18-16(21)13-6-7-19(2)15(20)9-13/h3-5,8,11,13H,6-7,9-10H2,1-2H3,(H,18,21)/t11-,13+/m1/s1. The van der Waals surface area contributed by atoms with Crippen molar-refractivity contribution >= 4 is 11.8 Å². The third-order valence-electron chi connectivity index (χ3n) is 4.03. The first-order valence-electron chi connectivity index (χ1n) is 7.24. The largest absolute Gasteiger partial charge is 0.355 e. The normalized spacial score (nSPS) is 20.2. The average molecular weight is 292 g/mol. The Morgan fingerprint density at radius 1 is 1.52 bits per heavy atom. The molecular formula is C16H21FN2O2. The zero-order valence-corrected chi connectivity index (χ0v) is 12.4. The highest BCUT2D eigenvalue weighted by molar-refractivity contribution is 5.86. The fourth-order valence-corrected chi connectivity index (χ4v) is 2.50. The lowest BCUT2D eigenvalue weighted by Gasteiger charge is -2.28. The molecule has 1 aromatic rings. The number of nitrogens with zero attached hydrogens (tertiary/aromatic N) is 1. The zero-order chi connectivity index (χ0) is 15.4. The van der Waals surface area contributed by atoms with Crippen LogP contribution in [0.2, 0.25) is 0 Å². The van der Waals surface area contributed by atoms with Crippen molar-refractivity contribution in [3.63, 3.8) is 0 Å². The van der Waals surface area contributed by atoms with E-state index >= 15 is 0 Å². The van der Waals surface area contributed by atoms with E-state index < -0.39 is 0 Å². The van der Waals surface area contributed by atoms with Crippen LogP contribution in [0.4, 0.5) is 4.39 Å². The van der Waals surface area contributed by atoms with E-state index in [9.17, 15) is 14.0 Å². The SMILES string of the molecule is C[C@H](CNC(=O)[C@H]1CCN(C)C(=O)C1)c1cccc(F)c1. The lowest BCUT2D eigenvalue weighted by atomic mass is 9.95. The topological polar surface area (TPSA) is 49.4 Å². The van der Waals surface area contributed by atoms with Crippen LogP contribution >= 0.6 is 0 Å². The van der Waals surface area contributed by atoms with Crippen LogP contribution in [0.15, 0.2) is 24.3 Å². The first kappa shape index (κ1) is 15.5. The van der Waals surface area contributed by atoms with Crippen molar-refractivity contribution in [1.82, 2.24) is 10.2 Å². The first-order chi connectivity index (χ1) is 9.97. The van der Waals surface area contributed by atoms with Crippen molar-refractivity contribution in [3.05, 3.63) is 35.6 Å². The second kappa shape index (κ2) is 6.70. The van der Waals surface area contributed by atoms with Crippen LogP contribution in [-0.2, 0) is 9.59 Å². The Kier molecular flexibility index (Phi) is 4.94. The molecule has 1 aromatic carbocycles. The van der Waals surface area contributed by atoms with Crippen LogP contribution in [0, 0.1) is 11.7 Å². The monoisotopic (exact) mass is 292 g/mol. The number of hydrogen-bond donors (Lipinski definition) is 1. The maximum absolute atomic E-state index is 13.2. The van der Waals surface area contributed by atoms with Crippen molar-refractivity contribution in [2.45, 2.75) is 25.7 Å². The van der Waals surface area contributed by atoms with Gasteiger partial charge in [-0.1, -0.05) is 19.1 Å². The van der Waals surface area contributed by atoms with Gasteiger partial charge in [-0.15, -0.1) is 0 Å². The molecule has 4 nitrogen and oxygen atoms in total. The molecule has 5 heteroatoms. The van der Waals surface area contributed by atoms with Crippen LogP contribution in [0.1, 0.15) is 31.2 Å². The van der Waals surface area contributed by atoms with E-state index in [2.05, 4.69) is 5.32 Å². The number of carbonyl (C=O) groups excluding carboxylic acids is 2. The van der Waals surface area contributed by atoms with Gasteiger partial charge in [-0.3, -0.25) is 9.59 Å². The van der Waals surface area contributed by atoms with E-state index in [1.165, 1.54) is 12.1 Å². The summed E-state index contributed by atoms with van der Waals surface area (Å²) < 4.78 is 13.2. The van der Waals surface area contributed by atoms with Gasteiger partial charge in [-0.05, 0) is 30.0 Å². The maximum atomic E-state index is 13.2. The number of likely N-dealkylation sites (tertiary alicyclic amines) is 1. The predicted octanol–water partition coefficient (Wildman–Crippen LogP) is 1.91. The second-order valence-electron chi connectivity index (χ2n) is 5.71. The molecule has 114 valence electrons. The van der Waals surface area contributed by atoms with Crippen molar-refractivity contribution < 1.29 is 14.0 Å². The van der Waals surface area contributed by atoms with E-state index in [-0.39, 0.29) is 35.9 Å². The highest BCUT2D eigenvalue weighted by atomic mass is 19.1. The molecule has 1 aliphatic rings. The number of halogens is 1. The van der Waals surface area contributed by atoms with Crippen LogP contribution in [-0.4, -0.2) is 36.9 Å². The molecule has 0 spiro atoms. The third-order valence-corrected chi connectivity index (χ3v) is 4.03. The molecule has 0 saturated carbocycles. The Morgan fingerprint density at radius 3 is 2.95 bits per heavy atom. The number of rotatable bonds is 4. The third kappa shape index (κ3) is 4.03. The summed E-state index contributed by atoms with van der Waals surface area (Å²) in [6.45, 7) is 3.01. The minimum atomic E-state index is -0.272. The number of piperidine rings is 1. The Balaban J connectivity index is 1.85. The number of hydrogen-bond acceptors (Lipinski definition) is 2. The van der Waals surface area contributed by atoms with E-state index in [1.54, 1.807) is 18.0 Å². The van der Waals surface area contributed by atoms with E-state index in [0.29, 0.717) is 19.5 Å². The van der Waals surface area contributed by atoms with E-state index in [1.807, 2.05) is 13.0 Å². The summed E-state index contributed by atoms with van der Waals surface area (Å²) in [5.41, 5.74) is 0.856. The number of amides is 2. The van der Waals surface area contributed by atoms with Gasteiger partial charge in [0.1, 0.15) is 5.82 Å². The molecule has 1 N–H and O–H groups in total. The van der Waals surface area contributed by atoms with Gasteiger partial charge in [0, 0.05) is 32.5 Å². The highest BCUT2D eigenvalue weighted by Crippen LogP contribution is 2.19. The maximum Gasteiger partial charge on any atom is 0.223 e. The van der Waals surface area contributed by atoms with Crippen molar-refractivity contribution in [2.24, 2.45) is 5.92 Å². The van der Waals surface area contributed by atoms with Crippen molar-refractivity contribution in [3.8, 4) is 0 Å². The molecule has 2 rings (SSSR count). The summed E-state index contributed by atoms with van der Waals surface area (Å²) in [5.74, 6) is -0.550. The molecule has 1 fully saturated rings. The molecule has 1 heterocycles. The Labute approximate surface area is 124 Å². The molecule has 1 aliphatic heterocycles. The van der Waals surface area contributed by atoms with Crippen LogP contribution in [0.5, 0.6) is 0 Å². The quantitative estimate of drug-likeness (QED) is 0.921. The Bertz CT molecular complexity index is 533. The molecule has 21 heavy (non-hydrogen) atoms. The molecule has 0 bridgehead atoms. The molecular weight excluding hydrogens is 271 g/mol. The minimum absolute atomic E-state index is 0.0135. The number of nitrogens with one attached hydrogen (secondary N) is 1. The van der Waals surface area contributed by atoms with Gasteiger partial charge in [0.2, 0.25) is 11.8 Å². The van der Waals surface area contributed by atoms with Gasteiger partial charge in [0.15, 0.2) is 0 Å². The van der Waals surface area contributed by atoms with Crippen LogP contribution in [0.25, 0.3) is 0 Å². The smallest absolute Gasteiger partial charge is 0.223 e.